The van der Waals surface area contributed by atoms with Crippen molar-refractivity contribution in [2.75, 3.05) is 0 Å². The monoisotopic (exact) mass is 235 g/mol. The van der Waals surface area contributed by atoms with Crippen molar-refractivity contribution in [2.45, 2.75) is 24.8 Å². The molecule has 6 heteroatoms. The molecule has 0 aromatic heterocycles. The van der Waals surface area contributed by atoms with Crippen molar-refractivity contribution in [3.05, 3.63) is 29.8 Å². The quantitative estimate of drug-likeness (QED) is 0.865. The van der Waals surface area contributed by atoms with Crippen LogP contribution in [-0.4, -0.2) is 14.5 Å². The molecule has 0 aliphatic rings. The molecule has 0 aliphatic carbocycles. The van der Waals surface area contributed by atoms with E-state index in [1.807, 2.05) is 0 Å². The Kier molecular flexibility index (Phi) is 3.41. The Morgan fingerprint density at radius 2 is 1.80 bits per heavy atom. The summed E-state index contributed by atoms with van der Waals surface area (Å²) in [6, 6.07) is 2.15. The smallest absolute Gasteiger partial charge is 0.209 e. The summed E-state index contributed by atoms with van der Waals surface area (Å²) in [4.78, 5) is -0.282. The van der Waals surface area contributed by atoms with Crippen molar-refractivity contribution < 1.29 is 17.2 Å². The molecule has 0 saturated carbocycles. The summed E-state index contributed by atoms with van der Waals surface area (Å²) in [5, 5.41) is 0. The van der Waals surface area contributed by atoms with E-state index < -0.39 is 21.7 Å². The average molecular weight is 235 g/mol. The number of sulfonamides is 1. The van der Waals surface area contributed by atoms with E-state index in [1.54, 1.807) is 13.8 Å². The number of benzene rings is 1. The fraction of sp³-hybridized carbons (Fsp3) is 0.333. The molecule has 0 saturated heterocycles. The van der Waals surface area contributed by atoms with E-state index >= 15 is 0 Å². The molecule has 15 heavy (non-hydrogen) atoms. The van der Waals surface area contributed by atoms with Gasteiger partial charge >= 0.3 is 0 Å². The van der Waals surface area contributed by atoms with Crippen LogP contribution >= 0.6 is 0 Å². The van der Waals surface area contributed by atoms with Gasteiger partial charge in [0.1, 0.15) is 0 Å². The summed E-state index contributed by atoms with van der Waals surface area (Å²) in [6.45, 7) is 3.27. The van der Waals surface area contributed by atoms with Crippen LogP contribution in [0, 0.1) is 11.6 Å². The molecular formula is C9H11F2NO2S. The van der Waals surface area contributed by atoms with Crippen LogP contribution in [0.4, 0.5) is 8.78 Å². The third kappa shape index (κ3) is 2.97. The first kappa shape index (κ1) is 12.1. The molecule has 1 aromatic carbocycles. The molecule has 3 nitrogen and oxygen atoms in total. The van der Waals surface area contributed by atoms with Gasteiger partial charge in [-0.2, -0.15) is 0 Å². The van der Waals surface area contributed by atoms with Crippen LogP contribution < -0.4 is 4.72 Å². The summed E-state index contributed by atoms with van der Waals surface area (Å²) in [5.41, 5.74) is 0. The predicted octanol–water partition coefficient (Wildman–Crippen LogP) is 1.65. The van der Waals surface area contributed by atoms with Gasteiger partial charge in [-0.15, -0.1) is 0 Å². The topological polar surface area (TPSA) is 46.2 Å². The third-order valence-electron chi connectivity index (χ3n) is 1.59. The van der Waals surface area contributed by atoms with Gasteiger partial charge in [0, 0.05) is 6.04 Å². The Labute approximate surface area is 87.2 Å². The van der Waals surface area contributed by atoms with Crippen molar-refractivity contribution in [3.63, 3.8) is 0 Å². The molecular weight excluding hydrogens is 224 g/mol. The second-order valence-corrected chi connectivity index (χ2v) is 5.07. The van der Waals surface area contributed by atoms with Crippen LogP contribution in [0.3, 0.4) is 0 Å². The maximum atomic E-state index is 12.8. The average Bonchev–Trinajstić information content (AvgIpc) is 2.07. The van der Waals surface area contributed by atoms with E-state index in [0.29, 0.717) is 6.07 Å². The number of nitrogens with one attached hydrogen (secondary N) is 1. The van der Waals surface area contributed by atoms with E-state index in [2.05, 4.69) is 4.72 Å². The summed E-state index contributed by atoms with van der Waals surface area (Å²) in [5.74, 6) is -2.25. The molecule has 1 N–H and O–H groups in total. The van der Waals surface area contributed by atoms with Crippen LogP contribution in [0.5, 0.6) is 0 Å². The molecule has 0 radical (unpaired) electrons. The molecule has 0 aliphatic heterocycles. The first-order valence-electron chi connectivity index (χ1n) is 4.30. The van der Waals surface area contributed by atoms with Crippen molar-refractivity contribution in [3.8, 4) is 0 Å². The highest BCUT2D eigenvalue weighted by atomic mass is 32.2. The lowest BCUT2D eigenvalue weighted by Gasteiger charge is -2.09. The normalized spacial score (nSPS) is 12.1. The van der Waals surface area contributed by atoms with Gasteiger partial charge in [0.25, 0.3) is 0 Å². The zero-order valence-corrected chi connectivity index (χ0v) is 9.11. The Hall–Kier alpha value is -1.01. The minimum Gasteiger partial charge on any atom is -0.209 e. The molecule has 1 rings (SSSR count). The number of halogens is 2. The maximum Gasteiger partial charge on any atom is 0.240 e. The largest absolute Gasteiger partial charge is 0.240 e. The number of hydrogen-bond donors (Lipinski definition) is 1. The second kappa shape index (κ2) is 4.24. The first-order chi connectivity index (χ1) is 6.83. The van der Waals surface area contributed by atoms with Crippen LogP contribution in [0.25, 0.3) is 0 Å². The lowest BCUT2D eigenvalue weighted by atomic mass is 10.3. The van der Waals surface area contributed by atoms with E-state index in [4.69, 9.17) is 0 Å². The highest BCUT2D eigenvalue weighted by Gasteiger charge is 2.17. The zero-order valence-electron chi connectivity index (χ0n) is 8.29. The van der Waals surface area contributed by atoms with E-state index in [1.165, 1.54) is 0 Å². The SMILES string of the molecule is CC(C)NS(=O)(=O)c1ccc(F)c(F)c1. The molecule has 1 aromatic rings. The van der Waals surface area contributed by atoms with Gasteiger partial charge < -0.3 is 0 Å². The lowest BCUT2D eigenvalue weighted by molar-refractivity contribution is 0.503. The fourth-order valence-electron chi connectivity index (χ4n) is 1.02. The third-order valence-corrected chi connectivity index (χ3v) is 3.25. The number of rotatable bonds is 3. The Morgan fingerprint density at radius 3 is 2.27 bits per heavy atom. The predicted molar refractivity (Wildman–Crippen MR) is 51.8 cm³/mol. The minimum absolute atomic E-state index is 0.282. The summed E-state index contributed by atoms with van der Waals surface area (Å²) >= 11 is 0. The summed E-state index contributed by atoms with van der Waals surface area (Å²) < 4.78 is 50.6. The highest BCUT2D eigenvalue weighted by molar-refractivity contribution is 7.89. The van der Waals surface area contributed by atoms with Gasteiger partial charge in [0.2, 0.25) is 10.0 Å². The van der Waals surface area contributed by atoms with Gasteiger partial charge in [-0.05, 0) is 32.0 Å². The molecule has 0 bridgehead atoms. The molecule has 0 atom stereocenters. The van der Waals surface area contributed by atoms with Crippen LogP contribution in [0.2, 0.25) is 0 Å². The molecule has 0 heterocycles. The van der Waals surface area contributed by atoms with E-state index in [-0.39, 0.29) is 10.9 Å². The van der Waals surface area contributed by atoms with Crippen LogP contribution in [0.1, 0.15) is 13.8 Å². The lowest BCUT2D eigenvalue weighted by Crippen LogP contribution is -2.30. The van der Waals surface area contributed by atoms with Crippen molar-refractivity contribution in [1.29, 1.82) is 0 Å². The van der Waals surface area contributed by atoms with Gasteiger partial charge in [-0.1, -0.05) is 0 Å². The van der Waals surface area contributed by atoms with Crippen molar-refractivity contribution in [1.82, 2.24) is 4.72 Å². The van der Waals surface area contributed by atoms with E-state index in [0.717, 1.165) is 12.1 Å². The number of hydrogen-bond acceptors (Lipinski definition) is 2. The molecule has 84 valence electrons. The summed E-state index contributed by atoms with van der Waals surface area (Å²) in [6.07, 6.45) is 0. The van der Waals surface area contributed by atoms with Crippen molar-refractivity contribution in [2.24, 2.45) is 0 Å². The van der Waals surface area contributed by atoms with Crippen molar-refractivity contribution >= 4 is 10.0 Å². The zero-order chi connectivity index (χ0) is 11.6. The molecule has 0 amide bonds. The second-order valence-electron chi connectivity index (χ2n) is 3.35. The first-order valence-corrected chi connectivity index (χ1v) is 5.78. The van der Waals surface area contributed by atoms with Gasteiger partial charge in [0.15, 0.2) is 11.6 Å². The molecule has 0 unspecified atom stereocenters. The highest BCUT2D eigenvalue weighted by Crippen LogP contribution is 2.13. The van der Waals surface area contributed by atoms with E-state index in [9.17, 15) is 17.2 Å². The standard InChI is InChI=1S/C9H11F2NO2S/c1-6(2)12-15(13,14)7-3-4-8(10)9(11)5-7/h3-6,12H,1-2H3. The molecule has 0 spiro atoms. The maximum absolute atomic E-state index is 12.8. The van der Waals surface area contributed by atoms with Gasteiger partial charge in [0.05, 0.1) is 4.90 Å². The molecule has 0 fully saturated rings. The Bertz CT molecular complexity index is 457. The Morgan fingerprint density at radius 1 is 1.20 bits per heavy atom. The van der Waals surface area contributed by atoms with Crippen LogP contribution in [-0.2, 0) is 10.0 Å². The fourth-order valence-corrected chi connectivity index (χ4v) is 2.28. The Balaban J connectivity index is 3.11. The van der Waals surface area contributed by atoms with Gasteiger partial charge in [-0.25, -0.2) is 21.9 Å². The van der Waals surface area contributed by atoms with Gasteiger partial charge in [-0.3, -0.25) is 0 Å². The summed E-state index contributed by atoms with van der Waals surface area (Å²) in [7, 11) is -3.76. The van der Waals surface area contributed by atoms with Crippen LogP contribution in [0.15, 0.2) is 23.1 Å². The minimum atomic E-state index is -3.76.